The zero-order chi connectivity index (χ0) is 26.3. The summed E-state index contributed by atoms with van der Waals surface area (Å²) in [6.07, 6.45) is 2.23. The highest BCUT2D eigenvalue weighted by Gasteiger charge is 2.34. The van der Waals surface area contributed by atoms with Gasteiger partial charge < -0.3 is 15.7 Å². The van der Waals surface area contributed by atoms with Gasteiger partial charge in [0.05, 0.1) is 21.8 Å². The van der Waals surface area contributed by atoms with Gasteiger partial charge in [0.2, 0.25) is 0 Å². The lowest BCUT2D eigenvalue weighted by Crippen LogP contribution is -2.28. The third kappa shape index (κ3) is 4.58. The lowest BCUT2D eigenvalue weighted by Gasteiger charge is -2.15. The molecule has 3 N–H and O–H groups in total. The standard InChI is InChI=1S/C26H25N5O5S/c1-15-12-19(15)30-25(33)16-13-20(29-21(14-16)26(34)27-2)24(32)23-18-9-11-31(22(18)8-10-28-23)37(35,36)17-6-4-3-5-7-17/h3-11,13-15,19,24,32H,12H2,1-2H3,(H,27,34)(H,30,33)/t15-,19-,24?/m0/s1. The zero-order valence-corrected chi connectivity index (χ0v) is 20.9. The summed E-state index contributed by atoms with van der Waals surface area (Å²) >= 11 is 0. The van der Waals surface area contributed by atoms with E-state index < -0.39 is 22.0 Å². The first-order valence-electron chi connectivity index (χ1n) is 11.7. The van der Waals surface area contributed by atoms with Crippen molar-refractivity contribution in [2.24, 2.45) is 5.92 Å². The minimum atomic E-state index is -3.89. The van der Waals surface area contributed by atoms with Crippen molar-refractivity contribution in [2.45, 2.75) is 30.4 Å². The van der Waals surface area contributed by atoms with Gasteiger partial charge in [0.1, 0.15) is 11.8 Å². The van der Waals surface area contributed by atoms with Crippen LogP contribution in [0.5, 0.6) is 0 Å². The summed E-state index contributed by atoms with van der Waals surface area (Å²) in [5, 5.41) is 17.1. The molecule has 0 spiro atoms. The fourth-order valence-electron chi connectivity index (χ4n) is 4.18. The number of aliphatic hydroxyl groups excluding tert-OH is 1. The lowest BCUT2D eigenvalue weighted by atomic mass is 10.0. The number of nitrogens with zero attached hydrogens (tertiary/aromatic N) is 3. The largest absolute Gasteiger partial charge is 0.380 e. The van der Waals surface area contributed by atoms with Crippen LogP contribution in [0.1, 0.15) is 51.7 Å². The van der Waals surface area contributed by atoms with Crippen LogP contribution < -0.4 is 10.6 Å². The van der Waals surface area contributed by atoms with Crippen LogP contribution in [-0.4, -0.2) is 52.4 Å². The molecule has 37 heavy (non-hydrogen) atoms. The minimum Gasteiger partial charge on any atom is -0.380 e. The van der Waals surface area contributed by atoms with Crippen LogP contribution in [0.4, 0.5) is 0 Å². The Labute approximate surface area is 213 Å². The normalized spacial score (nSPS) is 17.8. The van der Waals surface area contributed by atoms with Gasteiger partial charge in [-0.25, -0.2) is 17.4 Å². The molecular formula is C26H25N5O5S. The van der Waals surface area contributed by atoms with Crippen molar-refractivity contribution in [3.8, 4) is 0 Å². The van der Waals surface area contributed by atoms with E-state index in [1.807, 2.05) is 6.92 Å². The molecule has 1 saturated carbocycles. The second kappa shape index (κ2) is 9.41. The van der Waals surface area contributed by atoms with Crippen LogP contribution in [0.2, 0.25) is 0 Å². The number of aliphatic hydroxyl groups is 1. The molecule has 10 nitrogen and oxygen atoms in total. The molecule has 0 radical (unpaired) electrons. The molecule has 5 rings (SSSR count). The van der Waals surface area contributed by atoms with Gasteiger partial charge in [0.25, 0.3) is 21.8 Å². The van der Waals surface area contributed by atoms with Crippen molar-refractivity contribution < 1.29 is 23.1 Å². The molecular weight excluding hydrogens is 494 g/mol. The number of carbonyl (C=O) groups is 2. The van der Waals surface area contributed by atoms with Gasteiger partial charge in [-0.05, 0) is 48.7 Å². The summed E-state index contributed by atoms with van der Waals surface area (Å²) in [7, 11) is -2.45. The van der Waals surface area contributed by atoms with Gasteiger partial charge in [-0.1, -0.05) is 25.1 Å². The van der Waals surface area contributed by atoms with Crippen LogP contribution in [0.15, 0.2) is 71.9 Å². The van der Waals surface area contributed by atoms with E-state index in [0.717, 1.165) is 10.4 Å². The third-order valence-electron chi connectivity index (χ3n) is 6.44. The van der Waals surface area contributed by atoms with Gasteiger partial charge >= 0.3 is 0 Å². The number of amides is 2. The third-order valence-corrected chi connectivity index (χ3v) is 8.15. The summed E-state index contributed by atoms with van der Waals surface area (Å²) in [4.78, 5) is 33.9. The van der Waals surface area contributed by atoms with Gasteiger partial charge in [-0.3, -0.25) is 14.6 Å². The van der Waals surface area contributed by atoms with E-state index in [2.05, 4.69) is 20.6 Å². The summed E-state index contributed by atoms with van der Waals surface area (Å²) in [5.74, 6) is -0.511. The van der Waals surface area contributed by atoms with Crippen molar-refractivity contribution in [1.29, 1.82) is 0 Å². The summed E-state index contributed by atoms with van der Waals surface area (Å²) < 4.78 is 27.6. The number of hydrogen-bond acceptors (Lipinski definition) is 7. The first kappa shape index (κ1) is 24.6. The average Bonchev–Trinajstić information content (AvgIpc) is 3.42. The van der Waals surface area contributed by atoms with E-state index in [9.17, 15) is 23.1 Å². The summed E-state index contributed by atoms with van der Waals surface area (Å²) in [6.45, 7) is 2.03. The van der Waals surface area contributed by atoms with Crippen LogP contribution in [0.3, 0.4) is 0 Å². The van der Waals surface area contributed by atoms with Crippen molar-refractivity contribution >= 4 is 32.7 Å². The second-order valence-electron chi connectivity index (χ2n) is 9.00. The molecule has 3 atom stereocenters. The highest BCUT2D eigenvalue weighted by Crippen LogP contribution is 2.31. The van der Waals surface area contributed by atoms with Crippen LogP contribution in [0.25, 0.3) is 10.9 Å². The number of fused-ring (bicyclic) bond motifs is 1. The lowest BCUT2D eigenvalue weighted by molar-refractivity contribution is 0.0948. The highest BCUT2D eigenvalue weighted by atomic mass is 32.2. The molecule has 1 aliphatic carbocycles. The Hall–Kier alpha value is -4.09. The van der Waals surface area contributed by atoms with Crippen LogP contribution in [-0.2, 0) is 10.0 Å². The Morgan fingerprint density at radius 2 is 1.84 bits per heavy atom. The van der Waals surface area contributed by atoms with E-state index in [4.69, 9.17) is 0 Å². The number of carbonyl (C=O) groups excluding carboxylic acids is 2. The Bertz CT molecular complexity index is 1620. The number of pyridine rings is 2. The quantitative estimate of drug-likeness (QED) is 0.340. The fraction of sp³-hybridized carbons (Fsp3) is 0.231. The summed E-state index contributed by atoms with van der Waals surface area (Å²) in [6, 6.07) is 13.9. The SMILES string of the molecule is CNC(=O)c1cc(C(=O)N[C@H]2C[C@@H]2C)cc(C(O)c2nccc3c2ccn3S(=O)(=O)c2ccccc2)n1. The van der Waals surface area contributed by atoms with Crippen LogP contribution >= 0.6 is 0 Å². The number of aromatic nitrogens is 3. The molecule has 11 heteroatoms. The number of rotatable bonds is 7. The molecule has 1 unspecified atom stereocenters. The first-order chi connectivity index (χ1) is 17.7. The zero-order valence-electron chi connectivity index (χ0n) is 20.1. The summed E-state index contributed by atoms with van der Waals surface area (Å²) in [5.41, 5.74) is 0.635. The molecule has 1 aliphatic rings. The first-order valence-corrected chi connectivity index (χ1v) is 13.1. The fourth-order valence-corrected chi connectivity index (χ4v) is 5.55. The van der Waals surface area contributed by atoms with Gasteiger partial charge in [-0.15, -0.1) is 0 Å². The van der Waals surface area contributed by atoms with Gasteiger partial charge in [0.15, 0.2) is 0 Å². The maximum atomic E-state index is 13.2. The van der Waals surface area contributed by atoms with Crippen molar-refractivity contribution in [1.82, 2.24) is 24.6 Å². The topological polar surface area (TPSA) is 143 Å². The average molecular weight is 520 g/mol. The molecule has 0 bridgehead atoms. The Morgan fingerprint density at radius 1 is 1.11 bits per heavy atom. The molecule has 0 saturated heterocycles. The second-order valence-corrected chi connectivity index (χ2v) is 10.8. The minimum absolute atomic E-state index is 0.0359. The molecule has 3 aromatic heterocycles. The smallest absolute Gasteiger partial charge is 0.269 e. The molecule has 190 valence electrons. The number of hydrogen-bond donors (Lipinski definition) is 3. The molecule has 2 amide bonds. The Balaban J connectivity index is 1.57. The van der Waals surface area contributed by atoms with Gasteiger partial charge in [-0.2, -0.15) is 0 Å². The molecule has 1 aromatic carbocycles. The van der Waals surface area contributed by atoms with E-state index in [0.29, 0.717) is 16.8 Å². The van der Waals surface area contributed by atoms with Crippen molar-refractivity contribution in [3.05, 3.63) is 89.6 Å². The van der Waals surface area contributed by atoms with E-state index >= 15 is 0 Å². The van der Waals surface area contributed by atoms with Crippen molar-refractivity contribution in [2.75, 3.05) is 7.05 Å². The molecule has 1 fully saturated rings. The maximum Gasteiger partial charge on any atom is 0.269 e. The predicted molar refractivity (Wildman–Crippen MR) is 135 cm³/mol. The molecule has 0 aliphatic heterocycles. The highest BCUT2D eigenvalue weighted by molar-refractivity contribution is 7.90. The molecule has 3 heterocycles. The number of nitrogens with one attached hydrogen (secondary N) is 2. The monoisotopic (exact) mass is 519 g/mol. The van der Waals surface area contributed by atoms with Crippen molar-refractivity contribution in [3.63, 3.8) is 0 Å². The Morgan fingerprint density at radius 3 is 2.51 bits per heavy atom. The van der Waals surface area contributed by atoms with Gasteiger partial charge in [0, 0.05) is 36.4 Å². The van der Waals surface area contributed by atoms with E-state index in [1.165, 1.54) is 49.8 Å². The van der Waals surface area contributed by atoms with E-state index in [-0.39, 0.29) is 39.5 Å². The number of benzene rings is 1. The Kier molecular flexibility index (Phi) is 6.26. The predicted octanol–water partition coefficient (Wildman–Crippen LogP) is 2.25. The maximum absolute atomic E-state index is 13.2. The van der Waals surface area contributed by atoms with Crippen LogP contribution in [0, 0.1) is 5.92 Å². The molecule has 4 aromatic rings. The van der Waals surface area contributed by atoms with E-state index in [1.54, 1.807) is 24.3 Å².